The van der Waals surface area contributed by atoms with Crippen molar-refractivity contribution in [2.75, 3.05) is 31.1 Å². The molecule has 1 atom stereocenters. The van der Waals surface area contributed by atoms with E-state index in [1.54, 1.807) is 18.6 Å². The van der Waals surface area contributed by atoms with E-state index in [9.17, 15) is 4.79 Å². The first-order valence-corrected chi connectivity index (χ1v) is 7.72. The Balaban J connectivity index is 1.74. The van der Waals surface area contributed by atoms with Crippen LogP contribution in [0.5, 0.6) is 0 Å². The second-order valence-electron chi connectivity index (χ2n) is 5.53. The molecule has 2 rings (SSSR count). The van der Waals surface area contributed by atoms with E-state index in [1.165, 1.54) is 0 Å². The lowest BCUT2D eigenvalue weighted by Gasteiger charge is -2.32. The van der Waals surface area contributed by atoms with Crippen molar-refractivity contribution in [3.8, 4) is 0 Å². The first kappa shape index (κ1) is 15.7. The molecular formula is C15H25N5O. The van der Waals surface area contributed by atoms with Crippen LogP contribution >= 0.6 is 0 Å². The highest BCUT2D eigenvalue weighted by Gasteiger charge is 2.25. The summed E-state index contributed by atoms with van der Waals surface area (Å²) >= 11 is 0. The van der Waals surface area contributed by atoms with E-state index in [4.69, 9.17) is 0 Å². The zero-order valence-corrected chi connectivity index (χ0v) is 12.9. The Kier molecular flexibility index (Phi) is 5.92. The van der Waals surface area contributed by atoms with E-state index in [0.29, 0.717) is 12.6 Å². The van der Waals surface area contributed by atoms with Gasteiger partial charge in [-0.15, -0.1) is 0 Å². The molecule has 1 saturated heterocycles. The fourth-order valence-electron chi connectivity index (χ4n) is 2.64. The van der Waals surface area contributed by atoms with Gasteiger partial charge in [0, 0.05) is 44.0 Å². The van der Waals surface area contributed by atoms with Crippen molar-refractivity contribution in [2.24, 2.45) is 5.92 Å². The lowest BCUT2D eigenvalue weighted by atomic mass is 9.96. The summed E-state index contributed by atoms with van der Waals surface area (Å²) in [6.45, 7) is 7.49. The first-order valence-electron chi connectivity index (χ1n) is 7.72. The van der Waals surface area contributed by atoms with Crippen molar-refractivity contribution < 1.29 is 4.79 Å². The molecule has 0 radical (unpaired) electrons. The molecule has 0 saturated carbocycles. The number of hydrogen-bond acceptors (Lipinski definition) is 5. The van der Waals surface area contributed by atoms with Gasteiger partial charge in [-0.25, -0.2) is 4.98 Å². The maximum Gasteiger partial charge on any atom is 0.223 e. The van der Waals surface area contributed by atoms with Crippen LogP contribution in [-0.2, 0) is 4.79 Å². The van der Waals surface area contributed by atoms with Crippen molar-refractivity contribution in [1.82, 2.24) is 20.6 Å². The van der Waals surface area contributed by atoms with E-state index in [2.05, 4.69) is 39.3 Å². The van der Waals surface area contributed by atoms with Crippen LogP contribution in [0.1, 0.15) is 26.7 Å². The van der Waals surface area contributed by atoms with Crippen LogP contribution in [0.15, 0.2) is 18.6 Å². The number of carbonyl (C=O) groups is 1. The fraction of sp³-hybridized carbons (Fsp3) is 0.667. The Morgan fingerprint density at radius 1 is 1.43 bits per heavy atom. The van der Waals surface area contributed by atoms with Gasteiger partial charge >= 0.3 is 0 Å². The second kappa shape index (κ2) is 7.93. The van der Waals surface area contributed by atoms with E-state index in [1.807, 2.05) is 0 Å². The maximum atomic E-state index is 12.2. The molecule has 21 heavy (non-hydrogen) atoms. The number of hydrogen-bond donors (Lipinski definition) is 2. The number of nitrogens with one attached hydrogen (secondary N) is 2. The first-order chi connectivity index (χ1) is 10.2. The molecular weight excluding hydrogens is 266 g/mol. The van der Waals surface area contributed by atoms with Crippen molar-refractivity contribution in [3.05, 3.63) is 18.6 Å². The monoisotopic (exact) mass is 291 g/mol. The number of piperidine rings is 1. The molecule has 6 nitrogen and oxygen atoms in total. The molecule has 1 aliphatic heterocycles. The van der Waals surface area contributed by atoms with Gasteiger partial charge < -0.3 is 15.5 Å². The van der Waals surface area contributed by atoms with Crippen LogP contribution in [0.3, 0.4) is 0 Å². The molecule has 1 fully saturated rings. The molecule has 2 N–H and O–H groups in total. The number of amides is 1. The van der Waals surface area contributed by atoms with Crippen LogP contribution in [0.25, 0.3) is 0 Å². The summed E-state index contributed by atoms with van der Waals surface area (Å²) in [5.74, 6) is 1.20. The molecule has 0 spiro atoms. The molecule has 1 aliphatic rings. The van der Waals surface area contributed by atoms with E-state index < -0.39 is 0 Å². The number of carbonyl (C=O) groups excluding carboxylic acids is 1. The van der Waals surface area contributed by atoms with E-state index in [-0.39, 0.29) is 11.8 Å². The van der Waals surface area contributed by atoms with E-state index >= 15 is 0 Å². The molecule has 1 aromatic heterocycles. The van der Waals surface area contributed by atoms with Gasteiger partial charge in [0.05, 0.1) is 6.20 Å². The number of likely N-dealkylation sites (N-methyl/N-ethyl adjacent to an activating group) is 1. The Morgan fingerprint density at radius 2 is 2.19 bits per heavy atom. The van der Waals surface area contributed by atoms with Gasteiger partial charge in [-0.2, -0.15) is 0 Å². The third-order valence-electron chi connectivity index (χ3n) is 3.87. The standard InChI is InChI=1S/C15H25N5O/c1-3-17-12(2)10-19-15(21)13-4-8-20(9-5-13)14-11-16-6-7-18-14/h6-7,11-13,17H,3-5,8-10H2,1-2H3,(H,19,21)/t12-/m1/s1. The average molecular weight is 291 g/mol. The molecule has 0 aromatic carbocycles. The Labute approximate surface area is 126 Å². The van der Waals surface area contributed by atoms with Crippen LogP contribution in [0, 0.1) is 5.92 Å². The minimum absolute atomic E-state index is 0.117. The topological polar surface area (TPSA) is 70.2 Å². The van der Waals surface area contributed by atoms with Crippen molar-refractivity contribution in [1.29, 1.82) is 0 Å². The summed E-state index contributed by atoms with van der Waals surface area (Å²) in [5.41, 5.74) is 0. The molecule has 0 unspecified atom stereocenters. The molecule has 0 bridgehead atoms. The van der Waals surface area contributed by atoms with Gasteiger partial charge in [-0.1, -0.05) is 6.92 Å². The molecule has 1 amide bonds. The highest BCUT2D eigenvalue weighted by Crippen LogP contribution is 2.21. The summed E-state index contributed by atoms with van der Waals surface area (Å²) < 4.78 is 0. The lowest BCUT2D eigenvalue weighted by Crippen LogP contribution is -2.44. The quantitative estimate of drug-likeness (QED) is 0.811. The Bertz CT molecular complexity index is 431. The average Bonchev–Trinajstić information content (AvgIpc) is 2.54. The SMILES string of the molecule is CCN[C@H](C)CNC(=O)C1CCN(c2cnccn2)CC1. The second-order valence-corrected chi connectivity index (χ2v) is 5.53. The van der Waals surface area contributed by atoms with Crippen molar-refractivity contribution >= 4 is 11.7 Å². The summed E-state index contributed by atoms with van der Waals surface area (Å²) in [6, 6.07) is 0.318. The zero-order chi connectivity index (χ0) is 15.1. The van der Waals surface area contributed by atoms with Crippen molar-refractivity contribution in [2.45, 2.75) is 32.7 Å². The molecule has 116 valence electrons. The number of anilines is 1. The minimum atomic E-state index is 0.117. The highest BCUT2D eigenvalue weighted by atomic mass is 16.1. The predicted octanol–water partition coefficient (Wildman–Crippen LogP) is 0.807. The number of nitrogens with zero attached hydrogens (tertiary/aromatic N) is 3. The Hall–Kier alpha value is -1.69. The Morgan fingerprint density at radius 3 is 2.81 bits per heavy atom. The van der Waals surface area contributed by atoms with E-state index in [0.717, 1.165) is 38.3 Å². The van der Waals surface area contributed by atoms with Crippen LogP contribution in [-0.4, -0.2) is 48.1 Å². The largest absolute Gasteiger partial charge is 0.355 e. The predicted molar refractivity (Wildman–Crippen MR) is 83.1 cm³/mol. The molecule has 1 aromatic rings. The van der Waals surface area contributed by atoms with Gasteiger partial charge in [0.2, 0.25) is 5.91 Å². The number of rotatable bonds is 6. The van der Waals surface area contributed by atoms with Gasteiger partial charge in [-0.3, -0.25) is 9.78 Å². The lowest BCUT2D eigenvalue weighted by molar-refractivity contribution is -0.125. The minimum Gasteiger partial charge on any atom is -0.355 e. The van der Waals surface area contributed by atoms with Crippen molar-refractivity contribution in [3.63, 3.8) is 0 Å². The summed E-state index contributed by atoms with van der Waals surface area (Å²) in [6.07, 6.45) is 6.90. The maximum absolute atomic E-state index is 12.2. The van der Waals surface area contributed by atoms with Gasteiger partial charge in [0.25, 0.3) is 0 Å². The van der Waals surface area contributed by atoms with Gasteiger partial charge in [0.1, 0.15) is 5.82 Å². The summed E-state index contributed by atoms with van der Waals surface area (Å²) in [7, 11) is 0. The molecule has 2 heterocycles. The number of aromatic nitrogens is 2. The molecule has 0 aliphatic carbocycles. The van der Waals surface area contributed by atoms with Gasteiger partial charge in [0.15, 0.2) is 0 Å². The smallest absolute Gasteiger partial charge is 0.223 e. The summed E-state index contributed by atoms with van der Waals surface area (Å²) in [5, 5.41) is 6.34. The third-order valence-corrected chi connectivity index (χ3v) is 3.87. The van der Waals surface area contributed by atoms with Crippen LogP contribution < -0.4 is 15.5 Å². The summed E-state index contributed by atoms with van der Waals surface area (Å²) in [4.78, 5) is 22.8. The van der Waals surface area contributed by atoms with Crippen LogP contribution in [0.2, 0.25) is 0 Å². The van der Waals surface area contributed by atoms with Gasteiger partial charge in [-0.05, 0) is 26.3 Å². The molecule has 6 heteroatoms. The van der Waals surface area contributed by atoms with Crippen LogP contribution in [0.4, 0.5) is 5.82 Å². The zero-order valence-electron chi connectivity index (χ0n) is 12.9. The fourth-order valence-corrected chi connectivity index (χ4v) is 2.64. The normalized spacial score (nSPS) is 17.5. The highest BCUT2D eigenvalue weighted by molar-refractivity contribution is 5.79. The third kappa shape index (κ3) is 4.67.